The Kier molecular flexibility index (Phi) is 6.72. The second-order valence-electron chi connectivity index (χ2n) is 7.97. The van der Waals surface area contributed by atoms with Crippen molar-refractivity contribution in [3.63, 3.8) is 0 Å². The first kappa shape index (κ1) is 23.8. The number of pyridine rings is 1. The first-order valence-electron chi connectivity index (χ1n) is 10.8. The molecule has 1 unspecified atom stereocenters. The first-order chi connectivity index (χ1) is 16.8. The summed E-state index contributed by atoms with van der Waals surface area (Å²) in [4.78, 5) is 46.6. The summed E-state index contributed by atoms with van der Waals surface area (Å²) in [7, 11) is 1.39. The van der Waals surface area contributed by atoms with Gasteiger partial charge in [0.15, 0.2) is 0 Å². The third kappa shape index (κ3) is 4.81. The van der Waals surface area contributed by atoms with E-state index in [0.717, 1.165) is 16.7 Å². The lowest BCUT2D eigenvalue weighted by Gasteiger charge is -2.22. The summed E-state index contributed by atoms with van der Waals surface area (Å²) in [6, 6.07) is 8.98. The van der Waals surface area contributed by atoms with E-state index in [0.29, 0.717) is 5.56 Å². The van der Waals surface area contributed by atoms with Gasteiger partial charge in [0.25, 0.3) is 5.56 Å². The fourth-order valence-electron chi connectivity index (χ4n) is 3.98. The van der Waals surface area contributed by atoms with Gasteiger partial charge in [0.2, 0.25) is 5.91 Å². The fourth-order valence-corrected chi connectivity index (χ4v) is 3.98. The fraction of sp³-hybridized carbons (Fsp3) is 0.200. The summed E-state index contributed by atoms with van der Waals surface area (Å²) in [5, 5.41) is 2.75. The van der Waals surface area contributed by atoms with Crippen LogP contribution in [0, 0.1) is 11.6 Å². The van der Waals surface area contributed by atoms with Crippen LogP contribution in [0.15, 0.2) is 70.5 Å². The molecule has 35 heavy (non-hydrogen) atoms. The van der Waals surface area contributed by atoms with E-state index < -0.39 is 40.9 Å². The van der Waals surface area contributed by atoms with Gasteiger partial charge in [-0.25, -0.2) is 18.1 Å². The number of hydrogen-bond acceptors (Lipinski definition) is 5. The Balaban J connectivity index is 1.80. The highest BCUT2D eigenvalue weighted by Crippen LogP contribution is 2.22. The van der Waals surface area contributed by atoms with Gasteiger partial charge < -0.3 is 15.0 Å². The second-order valence-corrected chi connectivity index (χ2v) is 7.97. The van der Waals surface area contributed by atoms with E-state index in [2.05, 4.69) is 15.3 Å². The number of benzene rings is 2. The SMILES string of the molecule is COc1cccc2[nH]c(=O)n(C(Cc3cccnc3)C(=O)N[C@H](C)c3ccc(F)cc3F)c(=O)c12. The minimum absolute atomic E-state index is 0.0397. The van der Waals surface area contributed by atoms with Crippen LogP contribution in [0.3, 0.4) is 0 Å². The topological polar surface area (TPSA) is 106 Å². The molecule has 2 aromatic heterocycles. The van der Waals surface area contributed by atoms with Crippen LogP contribution in [0.1, 0.15) is 30.1 Å². The number of methoxy groups -OCH3 is 1. The van der Waals surface area contributed by atoms with E-state index in [-0.39, 0.29) is 28.6 Å². The molecule has 4 aromatic rings. The summed E-state index contributed by atoms with van der Waals surface area (Å²) in [6.45, 7) is 1.52. The van der Waals surface area contributed by atoms with E-state index in [1.165, 1.54) is 26.3 Å². The number of carbonyl (C=O) groups excluding carboxylic acids is 1. The Morgan fingerprint density at radius 1 is 1.17 bits per heavy atom. The molecule has 4 rings (SSSR count). The molecule has 10 heteroatoms. The highest BCUT2D eigenvalue weighted by Gasteiger charge is 2.28. The third-order valence-corrected chi connectivity index (χ3v) is 5.69. The monoisotopic (exact) mass is 480 g/mol. The number of halogens is 2. The molecule has 0 fully saturated rings. The smallest absolute Gasteiger partial charge is 0.329 e. The third-order valence-electron chi connectivity index (χ3n) is 5.69. The number of aromatic nitrogens is 3. The molecule has 0 aliphatic heterocycles. The van der Waals surface area contributed by atoms with Gasteiger partial charge in [-0.15, -0.1) is 0 Å². The van der Waals surface area contributed by atoms with Crippen LogP contribution in [-0.4, -0.2) is 27.6 Å². The first-order valence-corrected chi connectivity index (χ1v) is 10.8. The van der Waals surface area contributed by atoms with Crippen molar-refractivity contribution in [2.24, 2.45) is 0 Å². The summed E-state index contributed by atoms with van der Waals surface area (Å²) < 4.78 is 33.7. The van der Waals surface area contributed by atoms with E-state index in [1.807, 2.05) is 0 Å². The second kappa shape index (κ2) is 9.88. The van der Waals surface area contributed by atoms with Crippen LogP contribution >= 0.6 is 0 Å². The zero-order valence-electron chi connectivity index (χ0n) is 18.9. The minimum atomic E-state index is -1.30. The minimum Gasteiger partial charge on any atom is -0.496 e. The zero-order chi connectivity index (χ0) is 25.1. The summed E-state index contributed by atoms with van der Waals surface area (Å²) in [5.74, 6) is -2.04. The Hall–Kier alpha value is -4.34. The van der Waals surface area contributed by atoms with Crippen molar-refractivity contribution in [2.45, 2.75) is 25.4 Å². The van der Waals surface area contributed by atoms with Crippen molar-refractivity contribution in [1.29, 1.82) is 0 Å². The van der Waals surface area contributed by atoms with E-state index in [9.17, 15) is 23.2 Å². The summed E-state index contributed by atoms with van der Waals surface area (Å²) in [5.41, 5.74) is -0.592. The van der Waals surface area contributed by atoms with Gasteiger partial charge in [0.05, 0.1) is 18.7 Å². The predicted octanol–water partition coefficient (Wildman–Crippen LogP) is 3.03. The van der Waals surface area contributed by atoms with Crippen molar-refractivity contribution in [3.05, 3.63) is 105 Å². The van der Waals surface area contributed by atoms with Crippen molar-refractivity contribution < 1.29 is 18.3 Å². The molecule has 0 aliphatic carbocycles. The van der Waals surface area contributed by atoms with Crippen molar-refractivity contribution in [2.75, 3.05) is 7.11 Å². The maximum absolute atomic E-state index is 14.3. The number of hydrogen-bond donors (Lipinski definition) is 2. The number of ether oxygens (including phenoxy) is 1. The molecule has 2 aromatic carbocycles. The van der Waals surface area contributed by atoms with Crippen LogP contribution in [0.2, 0.25) is 0 Å². The lowest BCUT2D eigenvalue weighted by molar-refractivity contribution is -0.125. The summed E-state index contributed by atoms with van der Waals surface area (Å²) in [6.07, 6.45) is 3.03. The number of nitrogens with zero attached hydrogens (tertiary/aromatic N) is 2. The van der Waals surface area contributed by atoms with Crippen LogP contribution in [0.4, 0.5) is 8.78 Å². The number of aromatic amines is 1. The van der Waals surface area contributed by atoms with Gasteiger partial charge in [-0.3, -0.25) is 14.6 Å². The van der Waals surface area contributed by atoms with Gasteiger partial charge in [-0.2, -0.15) is 0 Å². The van der Waals surface area contributed by atoms with Gasteiger partial charge >= 0.3 is 5.69 Å². The highest BCUT2D eigenvalue weighted by molar-refractivity contribution is 5.85. The zero-order valence-corrected chi connectivity index (χ0v) is 18.9. The lowest BCUT2D eigenvalue weighted by atomic mass is 10.0. The summed E-state index contributed by atoms with van der Waals surface area (Å²) >= 11 is 0. The van der Waals surface area contributed by atoms with Crippen molar-refractivity contribution >= 4 is 16.8 Å². The van der Waals surface area contributed by atoms with Gasteiger partial charge in [-0.1, -0.05) is 18.2 Å². The molecule has 0 spiro atoms. The Morgan fingerprint density at radius 2 is 1.97 bits per heavy atom. The predicted molar refractivity (Wildman–Crippen MR) is 125 cm³/mol. The van der Waals surface area contributed by atoms with Crippen molar-refractivity contribution in [3.8, 4) is 5.75 Å². The molecule has 0 aliphatic rings. The van der Waals surface area contributed by atoms with Crippen molar-refractivity contribution in [1.82, 2.24) is 19.9 Å². The largest absolute Gasteiger partial charge is 0.496 e. The molecule has 2 atom stereocenters. The molecule has 2 heterocycles. The standard InChI is InChI=1S/C25H22F2N4O4/c1-14(17-9-8-16(26)12-18(17)27)29-23(32)20(11-15-5-4-10-28-13-15)31-24(33)22-19(30-25(31)34)6-3-7-21(22)35-2/h3-10,12-14,20H,11H2,1-2H3,(H,29,32)(H,30,34)/t14-,20?/m1/s1. The molecule has 0 radical (unpaired) electrons. The molecule has 2 N–H and O–H groups in total. The molecule has 1 amide bonds. The van der Waals surface area contributed by atoms with Crippen LogP contribution < -0.4 is 21.3 Å². The highest BCUT2D eigenvalue weighted by atomic mass is 19.1. The molecule has 0 saturated carbocycles. The van der Waals surface area contributed by atoms with Gasteiger partial charge in [0.1, 0.15) is 28.8 Å². The molecule has 0 saturated heterocycles. The van der Waals surface area contributed by atoms with Crippen LogP contribution in [0.25, 0.3) is 10.9 Å². The molecular weight excluding hydrogens is 458 g/mol. The maximum atomic E-state index is 14.3. The van der Waals surface area contributed by atoms with E-state index in [1.54, 1.807) is 36.5 Å². The van der Waals surface area contributed by atoms with Gasteiger partial charge in [0, 0.05) is 30.4 Å². The number of H-pyrrole nitrogens is 1. The number of nitrogens with one attached hydrogen (secondary N) is 2. The van der Waals surface area contributed by atoms with Crippen LogP contribution in [0.5, 0.6) is 5.75 Å². The average molecular weight is 480 g/mol. The molecule has 8 nitrogen and oxygen atoms in total. The number of carbonyl (C=O) groups is 1. The van der Waals surface area contributed by atoms with E-state index in [4.69, 9.17) is 4.74 Å². The number of fused-ring (bicyclic) bond motifs is 1. The normalized spacial score (nSPS) is 12.8. The Labute approximate surface area is 198 Å². The van der Waals surface area contributed by atoms with Crippen LogP contribution in [-0.2, 0) is 11.2 Å². The maximum Gasteiger partial charge on any atom is 0.329 e. The van der Waals surface area contributed by atoms with E-state index >= 15 is 0 Å². The number of amides is 1. The number of rotatable bonds is 7. The quantitative estimate of drug-likeness (QED) is 0.423. The lowest BCUT2D eigenvalue weighted by Crippen LogP contribution is -2.46. The molecule has 180 valence electrons. The molecular formula is C25H22F2N4O4. The Morgan fingerprint density at radius 3 is 2.66 bits per heavy atom. The average Bonchev–Trinajstić information content (AvgIpc) is 2.83. The Bertz CT molecular complexity index is 1500. The molecule has 0 bridgehead atoms. The van der Waals surface area contributed by atoms with Gasteiger partial charge in [-0.05, 0) is 36.8 Å².